The number of benzene rings is 1. The predicted molar refractivity (Wildman–Crippen MR) is 57.4 cm³/mol. The van der Waals surface area contributed by atoms with Gasteiger partial charge in [-0.05, 0) is 43.1 Å². The van der Waals surface area contributed by atoms with Crippen LogP contribution in [0, 0.1) is 12.7 Å². The second kappa shape index (κ2) is 4.29. The van der Waals surface area contributed by atoms with Crippen molar-refractivity contribution < 1.29 is 9.50 Å². The maximum atomic E-state index is 12.9. The number of β-amino-alcohol motifs (C(OH)–C–C–N with tert-alkyl or cyclic N) is 1. The molecule has 0 spiro atoms. The van der Waals surface area contributed by atoms with Crippen LogP contribution in [0.3, 0.4) is 0 Å². The van der Waals surface area contributed by atoms with Crippen molar-refractivity contribution in [1.29, 1.82) is 0 Å². The molecule has 1 aromatic carbocycles. The Kier molecular flexibility index (Phi) is 3.03. The molecule has 1 fully saturated rings. The van der Waals surface area contributed by atoms with E-state index in [4.69, 9.17) is 0 Å². The highest BCUT2D eigenvalue weighted by Gasteiger charge is 2.25. The topological polar surface area (TPSA) is 32.3 Å². The van der Waals surface area contributed by atoms with E-state index >= 15 is 0 Å². The molecule has 2 rings (SSSR count). The summed E-state index contributed by atoms with van der Waals surface area (Å²) in [5.41, 5.74) is 2.01. The molecule has 3 heteroatoms. The van der Waals surface area contributed by atoms with E-state index < -0.39 is 0 Å². The van der Waals surface area contributed by atoms with Gasteiger partial charge in [-0.1, -0.05) is 6.07 Å². The molecule has 2 atom stereocenters. The first kappa shape index (κ1) is 10.6. The number of hydrogen-bond acceptors (Lipinski definition) is 2. The molecule has 0 unspecified atom stereocenters. The first-order valence-electron chi connectivity index (χ1n) is 5.33. The fraction of sp³-hybridized carbons (Fsp3) is 0.500. The summed E-state index contributed by atoms with van der Waals surface area (Å²) in [5, 5.41) is 13.0. The minimum Gasteiger partial charge on any atom is -0.391 e. The quantitative estimate of drug-likeness (QED) is 0.736. The molecule has 0 aromatic heterocycles. The number of halogens is 1. The molecule has 2 nitrogen and oxygen atoms in total. The Bertz CT molecular complexity index is 353. The van der Waals surface area contributed by atoms with Crippen LogP contribution in [0.4, 0.5) is 4.39 Å². The SMILES string of the molecule is Cc1cc(F)ccc1[C@H]1CCNC[C@@H]1O. The Labute approximate surface area is 89.1 Å². The van der Waals surface area contributed by atoms with Crippen molar-refractivity contribution in [2.24, 2.45) is 0 Å². The summed E-state index contributed by atoms with van der Waals surface area (Å²) in [4.78, 5) is 0. The van der Waals surface area contributed by atoms with Gasteiger partial charge in [0, 0.05) is 12.5 Å². The van der Waals surface area contributed by atoms with Crippen molar-refractivity contribution in [3.63, 3.8) is 0 Å². The van der Waals surface area contributed by atoms with Crippen molar-refractivity contribution in [3.05, 3.63) is 35.1 Å². The number of aryl methyl sites for hydroxylation is 1. The second-order valence-electron chi connectivity index (χ2n) is 4.17. The van der Waals surface area contributed by atoms with Crippen LogP contribution >= 0.6 is 0 Å². The average molecular weight is 209 g/mol. The van der Waals surface area contributed by atoms with E-state index in [0.717, 1.165) is 24.1 Å². The molecular formula is C12H16FNO. The van der Waals surface area contributed by atoms with E-state index in [1.165, 1.54) is 12.1 Å². The molecule has 1 aliphatic rings. The summed E-state index contributed by atoms with van der Waals surface area (Å²) in [6.07, 6.45) is 0.552. The van der Waals surface area contributed by atoms with Gasteiger partial charge in [-0.3, -0.25) is 0 Å². The first-order valence-corrected chi connectivity index (χ1v) is 5.33. The number of aliphatic hydroxyl groups excluding tert-OH is 1. The molecule has 0 amide bonds. The minimum absolute atomic E-state index is 0.145. The molecular weight excluding hydrogens is 193 g/mol. The molecule has 1 heterocycles. The highest BCUT2D eigenvalue weighted by molar-refractivity contribution is 5.31. The molecule has 0 radical (unpaired) electrons. The molecule has 1 aromatic rings. The Morgan fingerprint density at radius 2 is 2.27 bits per heavy atom. The Hall–Kier alpha value is -0.930. The van der Waals surface area contributed by atoms with Crippen molar-refractivity contribution in [2.75, 3.05) is 13.1 Å². The number of aliphatic hydroxyl groups is 1. The third-order valence-corrected chi connectivity index (χ3v) is 3.08. The van der Waals surface area contributed by atoms with E-state index in [2.05, 4.69) is 5.32 Å². The van der Waals surface area contributed by atoms with Gasteiger partial charge in [0.1, 0.15) is 5.82 Å². The highest BCUT2D eigenvalue weighted by atomic mass is 19.1. The lowest BCUT2D eigenvalue weighted by molar-refractivity contribution is 0.118. The molecule has 0 aliphatic carbocycles. The maximum absolute atomic E-state index is 12.9. The number of rotatable bonds is 1. The minimum atomic E-state index is -0.358. The molecule has 0 bridgehead atoms. The number of nitrogens with one attached hydrogen (secondary N) is 1. The van der Waals surface area contributed by atoms with Crippen LogP contribution in [-0.4, -0.2) is 24.3 Å². The zero-order chi connectivity index (χ0) is 10.8. The molecule has 1 saturated heterocycles. The molecule has 2 N–H and O–H groups in total. The summed E-state index contributed by atoms with van der Waals surface area (Å²) in [6, 6.07) is 4.80. The fourth-order valence-corrected chi connectivity index (χ4v) is 2.26. The summed E-state index contributed by atoms with van der Waals surface area (Å²) in [6.45, 7) is 3.44. The highest BCUT2D eigenvalue weighted by Crippen LogP contribution is 2.28. The average Bonchev–Trinajstić information content (AvgIpc) is 2.20. The van der Waals surface area contributed by atoms with Gasteiger partial charge in [-0.15, -0.1) is 0 Å². The molecule has 15 heavy (non-hydrogen) atoms. The van der Waals surface area contributed by atoms with Crippen molar-refractivity contribution in [1.82, 2.24) is 5.32 Å². The molecule has 1 aliphatic heterocycles. The van der Waals surface area contributed by atoms with Crippen LogP contribution in [0.1, 0.15) is 23.5 Å². The lowest BCUT2D eigenvalue weighted by atomic mass is 9.85. The standard InChI is InChI=1S/C12H16FNO/c1-8-6-9(13)2-3-10(8)11-4-5-14-7-12(11)15/h2-3,6,11-12,14-15H,4-5,7H2,1H3/t11-,12+/m1/s1. The van der Waals surface area contributed by atoms with Crippen LogP contribution in [0.2, 0.25) is 0 Å². The fourth-order valence-electron chi connectivity index (χ4n) is 2.26. The Morgan fingerprint density at radius 3 is 2.93 bits per heavy atom. The first-order chi connectivity index (χ1) is 7.18. The monoisotopic (exact) mass is 209 g/mol. The summed E-state index contributed by atoms with van der Waals surface area (Å²) >= 11 is 0. The Morgan fingerprint density at radius 1 is 1.47 bits per heavy atom. The van der Waals surface area contributed by atoms with Crippen LogP contribution < -0.4 is 5.32 Å². The van der Waals surface area contributed by atoms with E-state index in [1.54, 1.807) is 6.07 Å². The molecule has 82 valence electrons. The largest absolute Gasteiger partial charge is 0.391 e. The van der Waals surface area contributed by atoms with E-state index in [-0.39, 0.29) is 17.8 Å². The van der Waals surface area contributed by atoms with Gasteiger partial charge in [0.25, 0.3) is 0 Å². The van der Waals surface area contributed by atoms with Gasteiger partial charge < -0.3 is 10.4 Å². The predicted octanol–water partition coefficient (Wildman–Crippen LogP) is 1.57. The van der Waals surface area contributed by atoms with Crippen LogP contribution in [0.25, 0.3) is 0 Å². The van der Waals surface area contributed by atoms with Gasteiger partial charge in [-0.25, -0.2) is 4.39 Å². The van der Waals surface area contributed by atoms with Crippen LogP contribution in [-0.2, 0) is 0 Å². The zero-order valence-electron chi connectivity index (χ0n) is 8.83. The van der Waals surface area contributed by atoms with Gasteiger partial charge in [0.15, 0.2) is 0 Å². The Balaban J connectivity index is 2.27. The number of piperidine rings is 1. The van der Waals surface area contributed by atoms with Gasteiger partial charge in [-0.2, -0.15) is 0 Å². The van der Waals surface area contributed by atoms with E-state index in [9.17, 15) is 9.50 Å². The van der Waals surface area contributed by atoms with E-state index in [0.29, 0.717) is 6.54 Å². The van der Waals surface area contributed by atoms with Gasteiger partial charge in [0.05, 0.1) is 6.10 Å². The smallest absolute Gasteiger partial charge is 0.123 e. The summed E-state index contributed by atoms with van der Waals surface area (Å²) in [5.74, 6) is -0.0634. The van der Waals surface area contributed by atoms with Gasteiger partial charge in [0.2, 0.25) is 0 Å². The lowest BCUT2D eigenvalue weighted by Gasteiger charge is -2.29. The third kappa shape index (κ3) is 2.19. The summed E-state index contributed by atoms with van der Waals surface area (Å²) in [7, 11) is 0. The van der Waals surface area contributed by atoms with Crippen molar-refractivity contribution in [2.45, 2.75) is 25.4 Å². The lowest BCUT2D eigenvalue weighted by Crippen LogP contribution is -2.39. The maximum Gasteiger partial charge on any atom is 0.123 e. The zero-order valence-corrected chi connectivity index (χ0v) is 8.83. The summed E-state index contributed by atoms with van der Waals surface area (Å²) < 4.78 is 12.9. The van der Waals surface area contributed by atoms with Crippen LogP contribution in [0.15, 0.2) is 18.2 Å². The molecule has 0 saturated carbocycles. The second-order valence-corrected chi connectivity index (χ2v) is 4.17. The van der Waals surface area contributed by atoms with Gasteiger partial charge >= 0.3 is 0 Å². The van der Waals surface area contributed by atoms with Crippen molar-refractivity contribution in [3.8, 4) is 0 Å². The number of hydrogen-bond donors (Lipinski definition) is 2. The van der Waals surface area contributed by atoms with Crippen molar-refractivity contribution >= 4 is 0 Å². The third-order valence-electron chi connectivity index (χ3n) is 3.08. The normalized spacial score (nSPS) is 26.6. The van der Waals surface area contributed by atoms with E-state index in [1.807, 2.05) is 6.92 Å². The van der Waals surface area contributed by atoms with Crippen LogP contribution in [0.5, 0.6) is 0 Å².